The van der Waals surface area contributed by atoms with Gasteiger partial charge in [-0.25, -0.2) is 17.8 Å². The molecule has 0 radical (unpaired) electrons. The second-order valence-corrected chi connectivity index (χ2v) is 8.58. The molecule has 1 saturated heterocycles. The molecule has 0 bridgehead atoms. The molecule has 8 heteroatoms. The number of benzene rings is 1. The highest BCUT2D eigenvalue weighted by Crippen LogP contribution is 2.24. The van der Waals surface area contributed by atoms with Crippen LogP contribution in [0.15, 0.2) is 29.6 Å². The number of carbonyl (C=O) groups is 1. The van der Waals surface area contributed by atoms with Crippen LogP contribution < -0.4 is 5.32 Å². The molecule has 1 fully saturated rings. The van der Waals surface area contributed by atoms with Crippen molar-refractivity contribution in [3.8, 4) is 10.6 Å². The summed E-state index contributed by atoms with van der Waals surface area (Å²) in [7, 11) is -3.01. The summed E-state index contributed by atoms with van der Waals surface area (Å²) in [5, 5.41) is 5.24. The summed E-state index contributed by atoms with van der Waals surface area (Å²) in [6.07, 6.45) is 0.570. The first-order chi connectivity index (χ1) is 10.9. The lowest BCUT2D eigenvalue weighted by molar-refractivity contribution is -0.121. The number of amides is 1. The van der Waals surface area contributed by atoms with Crippen LogP contribution in [-0.2, 0) is 21.1 Å². The van der Waals surface area contributed by atoms with Crippen molar-refractivity contribution in [2.45, 2.75) is 18.9 Å². The van der Waals surface area contributed by atoms with E-state index in [1.807, 2.05) is 0 Å². The van der Waals surface area contributed by atoms with Gasteiger partial charge in [0.05, 0.1) is 23.6 Å². The highest BCUT2D eigenvalue weighted by Gasteiger charge is 2.28. The fourth-order valence-corrected chi connectivity index (χ4v) is 4.96. The smallest absolute Gasteiger partial charge is 0.226 e. The van der Waals surface area contributed by atoms with Gasteiger partial charge in [-0.1, -0.05) is 0 Å². The van der Waals surface area contributed by atoms with Crippen molar-refractivity contribution in [1.82, 2.24) is 10.3 Å². The van der Waals surface area contributed by atoms with Gasteiger partial charge >= 0.3 is 0 Å². The highest BCUT2D eigenvalue weighted by atomic mass is 32.2. The van der Waals surface area contributed by atoms with E-state index in [4.69, 9.17) is 0 Å². The minimum absolute atomic E-state index is 0.0106. The van der Waals surface area contributed by atoms with Gasteiger partial charge in [0.2, 0.25) is 5.91 Å². The number of hydrogen-bond acceptors (Lipinski definition) is 5. The normalized spacial score (nSPS) is 19.6. The highest BCUT2D eigenvalue weighted by molar-refractivity contribution is 7.91. The Morgan fingerprint density at radius 3 is 2.74 bits per heavy atom. The monoisotopic (exact) mass is 354 g/mol. The summed E-state index contributed by atoms with van der Waals surface area (Å²) >= 11 is 1.38. The topological polar surface area (TPSA) is 76.1 Å². The second kappa shape index (κ2) is 6.37. The summed E-state index contributed by atoms with van der Waals surface area (Å²) in [6.45, 7) is 0. The molecule has 1 atom stereocenters. The van der Waals surface area contributed by atoms with Gasteiger partial charge in [-0.15, -0.1) is 11.3 Å². The van der Waals surface area contributed by atoms with Crippen molar-refractivity contribution in [2.24, 2.45) is 0 Å². The third-order valence-electron chi connectivity index (χ3n) is 3.58. The molecular formula is C15H15FN2O3S2. The Kier molecular flexibility index (Phi) is 4.45. The standard InChI is InChI=1S/C15H15FN2O3S2/c16-11-3-1-10(2-4-11)15-18-13(8-22-15)7-14(19)17-12-5-6-23(20,21)9-12/h1-4,8,12H,5-7,9H2,(H,17,19)/t12-/m0/s1. The average molecular weight is 354 g/mol. The molecule has 3 rings (SSSR count). The van der Waals surface area contributed by atoms with Crippen LogP contribution in [0.5, 0.6) is 0 Å². The predicted molar refractivity (Wildman–Crippen MR) is 86.4 cm³/mol. The number of thiazole rings is 1. The third-order valence-corrected chi connectivity index (χ3v) is 6.29. The minimum Gasteiger partial charge on any atom is -0.352 e. The van der Waals surface area contributed by atoms with Gasteiger partial charge in [0, 0.05) is 17.0 Å². The van der Waals surface area contributed by atoms with Gasteiger partial charge in [-0.3, -0.25) is 4.79 Å². The minimum atomic E-state index is -3.01. The molecule has 0 unspecified atom stereocenters. The molecule has 2 aromatic rings. The van der Waals surface area contributed by atoms with Crippen molar-refractivity contribution in [1.29, 1.82) is 0 Å². The van der Waals surface area contributed by atoms with Gasteiger partial charge in [0.25, 0.3) is 0 Å². The first kappa shape index (κ1) is 16.1. The van der Waals surface area contributed by atoms with Crippen molar-refractivity contribution in [3.63, 3.8) is 0 Å². The zero-order valence-electron chi connectivity index (χ0n) is 12.2. The first-order valence-electron chi connectivity index (χ1n) is 7.11. The maximum atomic E-state index is 12.9. The largest absolute Gasteiger partial charge is 0.352 e. The van der Waals surface area contributed by atoms with Gasteiger partial charge in [0.1, 0.15) is 10.8 Å². The maximum Gasteiger partial charge on any atom is 0.226 e. The van der Waals surface area contributed by atoms with Crippen molar-refractivity contribution >= 4 is 27.1 Å². The number of hydrogen-bond donors (Lipinski definition) is 1. The summed E-state index contributed by atoms with van der Waals surface area (Å²) < 4.78 is 35.7. The van der Waals surface area contributed by atoms with Crippen LogP contribution in [0, 0.1) is 5.82 Å². The fourth-order valence-electron chi connectivity index (χ4n) is 2.47. The Morgan fingerprint density at radius 1 is 1.35 bits per heavy atom. The molecule has 0 saturated carbocycles. The van der Waals surface area contributed by atoms with Gasteiger partial charge in [0.15, 0.2) is 9.84 Å². The number of rotatable bonds is 4. The van der Waals surface area contributed by atoms with E-state index in [9.17, 15) is 17.6 Å². The second-order valence-electron chi connectivity index (χ2n) is 5.50. The van der Waals surface area contributed by atoms with E-state index in [1.165, 1.54) is 23.5 Å². The average Bonchev–Trinajstić information content (AvgIpc) is 3.06. The zero-order valence-corrected chi connectivity index (χ0v) is 13.8. The van der Waals surface area contributed by atoms with Gasteiger partial charge in [-0.05, 0) is 30.7 Å². The molecule has 1 N–H and O–H groups in total. The van der Waals surface area contributed by atoms with Crippen molar-refractivity contribution in [2.75, 3.05) is 11.5 Å². The Bertz CT molecular complexity index is 816. The number of carbonyl (C=O) groups excluding carboxylic acids is 1. The molecule has 1 aliphatic rings. The SMILES string of the molecule is O=C(Cc1csc(-c2ccc(F)cc2)n1)N[C@H]1CCS(=O)(=O)C1. The van der Waals surface area contributed by atoms with Crippen LogP contribution in [0.1, 0.15) is 12.1 Å². The molecule has 1 amide bonds. The van der Waals surface area contributed by atoms with Crippen LogP contribution in [0.25, 0.3) is 10.6 Å². The van der Waals surface area contributed by atoms with Gasteiger partial charge < -0.3 is 5.32 Å². The van der Waals surface area contributed by atoms with E-state index in [-0.39, 0.29) is 35.7 Å². The Balaban J connectivity index is 1.60. The number of nitrogens with zero attached hydrogens (tertiary/aromatic N) is 1. The van der Waals surface area contributed by atoms with Crippen LogP contribution >= 0.6 is 11.3 Å². The summed E-state index contributed by atoms with van der Waals surface area (Å²) in [5.74, 6) is -0.403. The van der Waals surface area contributed by atoms with Gasteiger partial charge in [-0.2, -0.15) is 0 Å². The number of halogens is 1. The van der Waals surface area contributed by atoms with E-state index >= 15 is 0 Å². The predicted octanol–water partition coefficient (Wildman–Crippen LogP) is 1.79. The first-order valence-corrected chi connectivity index (χ1v) is 9.81. The molecular weight excluding hydrogens is 339 g/mol. The Morgan fingerprint density at radius 2 is 2.09 bits per heavy atom. The Hall–Kier alpha value is -1.80. The zero-order chi connectivity index (χ0) is 16.4. The summed E-state index contributed by atoms with van der Waals surface area (Å²) in [6, 6.07) is 5.71. The summed E-state index contributed by atoms with van der Waals surface area (Å²) in [4.78, 5) is 16.3. The molecule has 122 valence electrons. The van der Waals surface area contributed by atoms with E-state index in [0.29, 0.717) is 12.1 Å². The fraction of sp³-hybridized carbons (Fsp3) is 0.333. The molecule has 2 heterocycles. The molecule has 0 aliphatic carbocycles. The Labute approximate surface area is 137 Å². The van der Waals surface area contributed by atoms with Crippen molar-refractivity contribution in [3.05, 3.63) is 41.2 Å². The lowest BCUT2D eigenvalue weighted by Gasteiger charge is -2.09. The third kappa shape index (κ3) is 4.14. The van der Waals surface area contributed by atoms with Crippen LogP contribution in [-0.4, -0.2) is 36.9 Å². The summed E-state index contributed by atoms with van der Waals surface area (Å²) in [5.41, 5.74) is 1.41. The molecule has 5 nitrogen and oxygen atoms in total. The lowest BCUT2D eigenvalue weighted by atomic mass is 10.2. The number of aromatic nitrogens is 1. The van der Waals surface area contributed by atoms with E-state index in [2.05, 4.69) is 10.3 Å². The molecule has 1 aromatic heterocycles. The molecule has 23 heavy (non-hydrogen) atoms. The number of nitrogens with one attached hydrogen (secondary N) is 1. The quantitative estimate of drug-likeness (QED) is 0.908. The van der Waals surface area contributed by atoms with Crippen LogP contribution in [0.2, 0.25) is 0 Å². The van der Waals surface area contributed by atoms with Crippen LogP contribution in [0.4, 0.5) is 4.39 Å². The van der Waals surface area contributed by atoms with E-state index in [1.54, 1.807) is 17.5 Å². The van der Waals surface area contributed by atoms with Crippen LogP contribution in [0.3, 0.4) is 0 Å². The maximum absolute atomic E-state index is 12.9. The van der Waals surface area contributed by atoms with E-state index < -0.39 is 9.84 Å². The van der Waals surface area contributed by atoms with Crippen molar-refractivity contribution < 1.29 is 17.6 Å². The molecule has 1 aliphatic heterocycles. The molecule has 1 aromatic carbocycles. The van der Waals surface area contributed by atoms with E-state index in [0.717, 1.165) is 10.6 Å². The lowest BCUT2D eigenvalue weighted by Crippen LogP contribution is -2.36. The molecule has 0 spiro atoms. The number of sulfone groups is 1.